The molecule has 8 nitrogen and oxygen atoms in total. The molecule has 184 valence electrons. The van der Waals surface area contributed by atoms with Gasteiger partial charge in [-0.1, -0.05) is 6.92 Å². The molecule has 1 N–H and O–H groups in total. The van der Waals surface area contributed by atoms with E-state index in [0.29, 0.717) is 15.9 Å². The summed E-state index contributed by atoms with van der Waals surface area (Å²) in [5.74, 6) is 1.02. The first-order chi connectivity index (χ1) is 16.7. The van der Waals surface area contributed by atoms with Crippen LogP contribution in [0.4, 0.5) is 26.8 Å². The molecule has 2 aromatic heterocycles. The Morgan fingerprint density at radius 2 is 1.94 bits per heavy atom. The first-order valence-electron chi connectivity index (χ1n) is 11.8. The van der Waals surface area contributed by atoms with Crippen LogP contribution in [0, 0.1) is 5.82 Å². The van der Waals surface area contributed by atoms with Gasteiger partial charge in [0.15, 0.2) is 16.7 Å². The highest BCUT2D eigenvalue weighted by Crippen LogP contribution is 2.42. The van der Waals surface area contributed by atoms with Crippen molar-refractivity contribution in [3.8, 4) is 11.8 Å². The second kappa shape index (κ2) is 9.18. The number of ether oxygens (including phenoxy) is 1. The fourth-order valence-electron chi connectivity index (χ4n) is 4.28. The number of piperazine rings is 1. The van der Waals surface area contributed by atoms with Crippen LogP contribution < -0.4 is 19.4 Å². The SMILES string of the molecule is CCc1cnc(Nc2cc(N3CCN(C)CC3)nc(Oc3ccc4c(c3F)C=C(C)[N+]4(C)C)n2)s1. The maximum Gasteiger partial charge on any atom is 0.326 e. The molecule has 5 rings (SSSR count). The van der Waals surface area contributed by atoms with Gasteiger partial charge in [0.2, 0.25) is 0 Å². The van der Waals surface area contributed by atoms with Crippen molar-refractivity contribution >= 4 is 39.9 Å². The van der Waals surface area contributed by atoms with Gasteiger partial charge >= 0.3 is 6.01 Å². The Kier molecular flexibility index (Phi) is 6.20. The zero-order chi connectivity index (χ0) is 24.7. The Morgan fingerprint density at radius 1 is 1.17 bits per heavy atom. The molecule has 2 aliphatic rings. The van der Waals surface area contributed by atoms with Crippen LogP contribution in [0.2, 0.25) is 0 Å². The molecule has 1 saturated heterocycles. The zero-order valence-corrected chi connectivity index (χ0v) is 21.6. The molecule has 3 aromatic rings. The fourth-order valence-corrected chi connectivity index (χ4v) is 5.04. The number of thiazole rings is 1. The first kappa shape index (κ1) is 23.7. The molecule has 35 heavy (non-hydrogen) atoms. The van der Waals surface area contributed by atoms with Gasteiger partial charge in [0.05, 0.1) is 19.7 Å². The molecule has 0 aliphatic carbocycles. The number of aromatic nitrogens is 3. The number of nitrogens with zero attached hydrogens (tertiary/aromatic N) is 6. The van der Waals surface area contributed by atoms with Crippen LogP contribution in [0.25, 0.3) is 6.08 Å². The third kappa shape index (κ3) is 4.61. The number of aryl methyl sites for hydroxylation is 1. The summed E-state index contributed by atoms with van der Waals surface area (Å²) in [7, 11) is 6.20. The van der Waals surface area contributed by atoms with Crippen molar-refractivity contribution in [1.82, 2.24) is 24.3 Å². The van der Waals surface area contributed by atoms with Crippen molar-refractivity contribution in [3.05, 3.63) is 46.4 Å². The Labute approximate surface area is 209 Å². The zero-order valence-electron chi connectivity index (χ0n) is 20.8. The predicted octanol–water partition coefficient (Wildman–Crippen LogP) is 4.86. The summed E-state index contributed by atoms with van der Waals surface area (Å²) in [6.45, 7) is 7.66. The molecule has 1 fully saturated rings. The highest BCUT2D eigenvalue weighted by Gasteiger charge is 2.34. The topological polar surface area (TPSA) is 66.4 Å². The lowest BCUT2D eigenvalue weighted by Crippen LogP contribution is -2.44. The monoisotopic (exact) mass is 496 g/mol. The number of likely N-dealkylation sites (N-methyl/N-ethyl adjacent to an activating group) is 1. The van der Waals surface area contributed by atoms with Crippen molar-refractivity contribution in [1.29, 1.82) is 0 Å². The van der Waals surface area contributed by atoms with Gasteiger partial charge in [0, 0.05) is 62.4 Å². The number of quaternary nitrogens is 1. The molecule has 0 bridgehead atoms. The highest BCUT2D eigenvalue weighted by molar-refractivity contribution is 7.15. The van der Waals surface area contributed by atoms with E-state index in [4.69, 9.17) is 4.74 Å². The number of hydrogen-bond acceptors (Lipinski definition) is 8. The van der Waals surface area contributed by atoms with Crippen molar-refractivity contribution in [3.63, 3.8) is 0 Å². The van der Waals surface area contributed by atoms with Crippen LogP contribution in [-0.2, 0) is 6.42 Å². The number of fused-ring (bicyclic) bond motifs is 1. The van der Waals surface area contributed by atoms with Gasteiger partial charge in [-0.25, -0.2) is 9.37 Å². The molecular weight excluding hydrogens is 465 g/mol. The molecule has 0 atom stereocenters. The summed E-state index contributed by atoms with van der Waals surface area (Å²) in [6, 6.07) is 5.57. The smallest absolute Gasteiger partial charge is 0.326 e. The number of allylic oxidation sites excluding steroid dienone is 1. The van der Waals surface area contributed by atoms with Gasteiger partial charge in [0.1, 0.15) is 23.0 Å². The average molecular weight is 497 g/mol. The number of hydrogen-bond donors (Lipinski definition) is 1. The Hall–Kier alpha value is -3.08. The van der Waals surface area contributed by atoms with Gasteiger partial charge < -0.3 is 19.9 Å². The van der Waals surface area contributed by atoms with Gasteiger partial charge in [0.25, 0.3) is 0 Å². The van der Waals surface area contributed by atoms with Crippen LogP contribution in [0.3, 0.4) is 0 Å². The predicted molar refractivity (Wildman–Crippen MR) is 140 cm³/mol. The van der Waals surface area contributed by atoms with E-state index in [1.165, 1.54) is 4.88 Å². The van der Waals surface area contributed by atoms with E-state index in [9.17, 15) is 0 Å². The van der Waals surface area contributed by atoms with Gasteiger partial charge in [-0.2, -0.15) is 9.97 Å². The van der Waals surface area contributed by atoms with Crippen molar-refractivity contribution < 1.29 is 9.13 Å². The highest BCUT2D eigenvalue weighted by atomic mass is 32.1. The summed E-state index contributed by atoms with van der Waals surface area (Å²) in [5.41, 5.74) is 2.51. The van der Waals surface area contributed by atoms with E-state index in [1.807, 2.05) is 45.4 Å². The molecule has 0 radical (unpaired) electrons. The molecular formula is C25H31FN7OS+. The standard InChI is InChI=1S/C25H31FN7OS/c1-6-17-15-27-25(35-17)29-21-14-22(32-11-9-31(3)10-12-32)30-24(28-21)34-20-8-7-19-18(23(20)26)13-16(2)33(19,4)5/h7-8,13-15H,6,9-12H2,1-5H3,(H,27,28,29,30)/q+1. The number of benzene rings is 1. The van der Waals surface area contributed by atoms with Gasteiger partial charge in [-0.3, -0.25) is 4.48 Å². The minimum atomic E-state index is -0.402. The van der Waals surface area contributed by atoms with E-state index >= 15 is 4.39 Å². The Bertz CT molecular complexity index is 1280. The molecule has 0 unspecified atom stereocenters. The molecule has 2 aliphatic heterocycles. The van der Waals surface area contributed by atoms with Crippen molar-refractivity contribution in [2.24, 2.45) is 0 Å². The summed E-state index contributed by atoms with van der Waals surface area (Å²) < 4.78 is 22.0. The number of halogens is 1. The minimum absolute atomic E-state index is 0.0995. The molecule has 1 aromatic carbocycles. The second-order valence-corrected chi connectivity index (χ2v) is 10.6. The summed E-state index contributed by atoms with van der Waals surface area (Å²) in [5, 5.41) is 4.03. The van der Waals surface area contributed by atoms with E-state index in [-0.39, 0.29) is 11.8 Å². The van der Waals surface area contributed by atoms with E-state index in [2.05, 4.69) is 44.0 Å². The van der Waals surface area contributed by atoms with Crippen molar-refractivity contribution in [2.45, 2.75) is 20.3 Å². The van der Waals surface area contributed by atoms with Crippen LogP contribution >= 0.6 is 11.3 Å². The molecule has 10 heteroatoms. The van der Waals surface area contributed by atoms with E-state index < -0.39 is 5.82 Å². The quantitative estimate of drug-likeness (QED) is 0.489. The lowest BCUT2D eigenvalue weighted by Gasteiger charge is -2.33. The van der Waals surface area contributed by atoms with E-state index in [1.54, 1.807) is 17.4 Å². The largest absolute Gasteiger partial charge is 0.421 e. The normalized spacial score (nSPS) is 17.3. The lowest BCUT2D eigenvalue weighted by atomic mass is 10.1. The molecule has 0 spiro atoms. The maximum absolute atomic E-state index is 15.5. The maximum atomic E-state index is 15.5. The average Bonchev–Trinajstić information content (AvgIpc) is 3.38. The Balaban J connectivity index is 1.48. The lowest BCUT2D eigenvalue weighted by molar-refractivity contribution is 0.311. The van der Waals surface area contributed by atoms with Gasteiger partial charge in [-0.15, -0.1) is 11.3 Å². The van der Waals surface area contributed by atoms with Crippen LogP contribution in [-0.4, -0.2) is 67.2 Å². The number of anilines is 3. The number of nitrogens with one attached hydrogen (secondary N) is 1. The van der Waals surface area contributed by atoms with Crippen LogP contribution in [0.15, 0.2) is 30.1 Å². The third-order valence-electron chi connectivity index (χ3n) is 6.82. The Morgan fingerprint density at radius 3 is 2.66 bits per heavy atom. The van der Waals surface area contributed by atoms with Gasteiger partial charge in [-0.05, 0) is 19.5 Å². The van der Waals surface area contributed by atoms with Crippen molar-refractivity contribution in [2.75, 3.05) is 57.5 Å². The molecule has 0 amide bonds. The summed E-state index contributed by atoms with van der Waals surface area (Å²) in [4.78, 5) is 19.3. The summed E-state index contributed by atoms with van der Waals surface area (Å²) >= 11 is 1.58. The molecule has 0 saturated carbocycles. The molecule has 4 heterocycles. The fraction of sp³-hybridized carbons (Fsp3) is 0.400. The van der Waals surface area contributed by atoms with Crippen LogP contribution in [0.5, 0.6) is 11.8 Å². The summed E-state index contributed by atoms with van der Waals surface area (Å²) in [6.07, 6.45) is 4.66. The van der Waals surface area contributed by atoms with Crippen LogP contribution in [0.1, 0.15) is 24.3 Å². The third-order valence-corrected chi connectivity index (χ3v) is 7.87. The minimum Gasteiger partial charge on any atom is -0.421 e. The number of rotatable bonds is 6. The second-order valence-electron chi connectivity index (χ2n) is 9.45. The van der Waals surface area contributed by atoms with E-state index in [0.717, 1.165) is 54.9 Å². The first-order valence-corrected chi connectivity index (χ1v) is 12.6.